The third kappa shape index (κ3) is 1.75. The summed E-state index contributed by atoms with van der Waals surface area (Å²) in [6.45, 7) is 2.91. The van der Waals surface area contributed by atoms with Crippen molar-refractivity contribution in [2.75, 3.05) is 6.54 Å². The molecule has 2 heteroatoms. The lowest BCUT2D eigenvalue weighted by atomic mass is 9.78. The lowest BCUT2D eigenvalue weighted by molar-refractivity contribution is 0.254. The van der Waals surface area contributed by atoms with Crippen molar-refractivity contribution < 1.29 is 4.74 Å². The third-order valence-corrected chi connectivity index (χ3v) is 4.46. The monoisotopic (exact) mass is 231 g/mol. The molecule has 1 aliphatic carbocycles. The largest absolute Gasteiger partial charge is 0.490 e. The molecule has 1 fully saturated rings. The highest BCUT2D eigenvalue weighted by Crippen LogP contribution is 2.42. The van der Waals surface area contributed by atoms with Crippen molar-refractivity contribution in [1.82, 2.24) is 0 Å². The molecule has 1 heterocycles. The predicted molar refractivity (Wildman–Crippen MR) is 69.4 cm³/mol. The van der Waals surface area contributed by atoms with Gasteiger partial charge in [-0.05, 0) is 37.0 Å². The smallest absolute Gasteiger partial charge is 0.123 e. The molecule has 0 bridgehead atoms. The Hall–Kier alpha value is -1.02. The van der Waals surface area contributed by atoms with Crippen LogP contribution in [-0.2, 0) is 11.8 Å². The molecule has 2 nitrogen and oxygen atoms in total. The summed E-state index contributed by atoms with van der Waals surface area (Å²) in [5, 5.41) is 0. The maximum Gasteiger partial charge on any atom is 0.123 e. The van der Waals surface area contributed by atoms with Gasteiger partial charge in [-0.15, -0.1) is 0 Å². The minimum absolute atomic E-state index is 0.251. The van der Waals surface area contributed by atoms with Crippen molar-refractivity contribution in [2.45, 2.75) is 50.5 Å². The quantitative estimate of drug-likeness (QED) is 0.849. The van der Waals surface area contributed by atoms with Crippen molar-refractivity contribution in [3.8, 4) is 5.75 Å². The van der Waals surface area contributed by atoms with Crippen molar-refractivity contribution in [3.05, 3.63) is 29.3 Å². The zero-order chi connectivity index (χ0) is 11.9. The van der Waals surface area contributed by atoms with Crippen molar-refractivity contribution in [2.24, 2.45) is 5.73 Å². The highest BCUT2D eigenvalue weighted by atomic mass is 16.5. The summed E-state index contributed by atoms with van der Waals surface area (Å²) < 4.78 is 5.76. The van der Waals surface area contributed by atoms with Gasteiger partial charge in [0.25, 0.3) is 0 Å². The van der Waals surface area contributed by atoms with E-state index in [9.17, 15) is 0 Å². The first kappa shape index (κ1) is 11.1. The van der Waals surface area contributed by atoms with Crippen LogP contribution in [0.15, 0.2) is 18.2 Å². The second kappa shape index (κ2) is 4.02. The van der Waals surface area contributed by atoms with Crippen LogP contribution < -0.4 is 10.5 Å². The van der Waals surface area contributed by atoms with Gasteiger partial charge in [0.15, 0.2) is 0 Å². The third-order valence-electron chi connectivity index (χ3n) is 4.46. The van der Waals surface area contributed by atoms with Gasteiger partial charge in [-0.25, -0.2) is 0 Å². The molecular formula is C15H21NO. The second-order valence-electron chi connectivity index (χ2n) is 5.65. The fourth-order valence-electron chi connectivity index (χ4n) is 3.41. The summed E-state index contributed by atoms with van der Waals surface area (Å²) in [6, 6.07) is 6.72. The van der Waals surface area contributed by atoms with Crippen LogP contribution in [0.3, 0.4) is 0 Å². The summed E-state index contributed by atoms with van der Waals surface area (Å²) in [7, 11) is 0. The molecule has 0 aromatic heterocycles. The first-order chi connectivity index (χ1) is 8.23. The van der Waals surface area contributed by atoms with Gasteiger partial charge in [0.05, 0.1) is 0 Å². The van der Waals surface area contributed by atoms with Crippen molar-refractivity contribution >= 4 is 0 Å². The van der Waals surface area contributed by atoms with Crippen LogP contribution in [-0.4, -0.2) is 12.6 Å². The number of ether oxygens (including phenoxy) is 1. The number of fused-ring (bicyclic) bond motifs is 1. The fraction of sp³-hybridized carbons (Fsp3) is 0.600. The van der Waals surface area contributed by atoms with Crippen LogP contribution in [0.1, 0.15) is 43.7 Å². The molecule has 1 atom stereocenters. The molecule has 2 N–H and O–H groups in total. The highest BCUT2D eigenvalue weighted by Gasteiger charge is 2.35. The molecule has 0 saturated heterocycles. The van der Waals surface area contributed by atoms with Gasteiger partial charge in [-0.3, -0.25) is 0 Å². The van der Waals surface area contributed by atoms with Crippen molar-refractivity contribution in [3.63, 3.8) is 0 Å². The Bertz CT molecular complexity index is 421. The molecular weight excluding hydrogens is 210 g/mol. The molecule has 17 heavy (non-hydrogen) atoms. The number of rotatable bonds is 2. The summed E-state index contributed by atoms with van der Waals surface area (Å²) in [4.78, 5) is 0. The molecule has 3 rings (SSSR count). The summed E-state index contributed by atoms with van der Waals surface area (Å²) in [6.07, 6.45) is 6.52. The van der Waals surface area contributed by atoms with E-state index in [0.29, 0.717) is 6.10 Å². The molecule has 1 unspecified atom stereocenters. The normalized spacial score (nSPS) is 25.6. The lowest BCUT2D eigenvalue weighted by Gasteiger charge is -2.28. The summed E-state index contributed by atoms with van der Waals surface area (Å²) >= 11 is 0. The molecule has 0 radical (unpaired) electrons. The number of benzene rings is 1. The van der Waals surface area contributed by atoms with E-state index in [1.54, 1.807) is 0 Å². The van der Waals surface area contributed by atoms with Crippen LogP contribution >= 0.6 is 0 Å². The number of hydrogen-bond acceptors (Lipinski definition) is 2. The number of hydrogen-bond donors (Lipinski definition) is 1. The van der Waals surface area contributed by atoms with Gasteiger partial charge >= 0.3 is 0 Å². The minimum atomic E-state index is 0.251. The Morgan fingerprint density at radius 1 is 1.35 bits per heavy atom. The minimum Gasteiger partial charge on any atom is -0.490 e. The number of nitrogens with two attached hydrogens (primary N) is 1. The second-order valence-corrected chi connectivity index (χ2v) is 5.65. The van der Waals surface area contributed by atoms with E-state index in [-0.39, 0.29) is 5.41 Å². The SMILES string of the molecule is CC1Cc2cc(C3(CN)CCCC3)ccc2O1. The van der Waals surface area contributed by atoms with Gasteiger partial charge in [0.1, 0.15) is 11.9 Å². The van der Waals surface area contributed by atoms with E-state index in [1.165, 1.54) is 36.8 Å². The van der Waals surface area contributed by atoms with Gasteiger partial charge in [-0.2, -0.15) is 0 Å². The standard InChI is InChI=1S/C15H21NO/c1-11-8-12-9-13(4-5-14(12)17-11)15(10-16)6-2-3-7-15/h4-5,9,11H,2-3,6-8,10,16H2,1H3. The van der Waals surface area contributed by atoms with Crippen LogP contribution in [0.2, 0.25) is 0 Å². The predicted octanol–water partition coefficient (Wildman–Crippen LogP) is 2.78. The van der Waals surface area contributed by atoms with E-state index in [4.69, 9.17) is 10.5 Å². The van der Waals surface area contributed by atoms with Gasteiger partial charge in [-0.1, -0.05) is 25.0 Å². The van der Waals surface area contributed by atoms with Gasteiger partial charge in [0, 0.05) is 18.4 Å². The van der Waals surface area contributed by atoms with E-state index < -0.39 is 0 Å². The Labute approximate surface area is 103 Å². The topological polar surface area (TPSA) is 35.2 Å². The molecule has 0 spiro atoms. The van der Waals surface area contributed by atoms with E-state index in [0.717, 1.165) is 18.7 Å². The highest BCUT2D eigenvalue weighted by molar-refractivity contribution is 5.43. The maximum absolute atomic E-state index is 6.04. The zero-order valence-electron chi connectivity index (χ0n) is 10.5. The van der Waals surface area contributed by atoms with E-state index in [2.05, 4.69) is 25.1 Å². The average molecular weight is 231 g/mol. The van der Waals surface area contributed by atoms with E-state index >= 15 is 0 Å². The molecule has 1 saturated carbocycles. The van der Waals surface area contributed by atoms with Gasteiger partial charge < -0.3 is 10.5 Å². The molecule has 2 aliphatic rings. The summed E-state index contributed by atoms with van der Waals surface area (Å²) in [5.41, 5.74) is 9.10. The van der Waals surface area contributed by atoms with Gasteiger partial charge in [0.2, 0.25) is 0 Å². The first-order valence-corrected chi connectivity index (χ1v) is 6.74. The fourth-order valence-corrected chi connectivity index (χ4v) is 3.41. The van der Waals surface area contributed by atoms with Crippen LogP contribution in [0.5, 0.6) is 5.75 Å². The van der Waals surface area contributed by atoms with E-state index in [1.807, 2.05) is 0 Å². The Balaban J connectivity index is 1.96. The van der Waals surface area contributed by atoms with Crippen LogP contribution in [0.25, 0.3) is 0 Å². The zero-order valence-corrected chi connectivity index (χ0v) is 10.5. The van der Waals surface area contributed by atoms with Crippen LogP contribution in [0, 0.1) is 0 Å². The molecule has 92 valence electrons. The molecule has 1 aliphatic heterocycles. The van der Waals surface area contributed by atoms with Crippen LogP contribution in [0.4, 0.5) is 0 Å². The molecule has 1 aromatic carbocycles. The Kier molecular flexibility index (Phi) is 2.62. The molecule has 1 aromatic rings. The molecule has 0 amide bonds. The lowest BCUT2D eigenvalue weighted by Crippen LogP contribution is -2.32. The Morgan fingerprint density at radius 2 is 2.12 bits per heavy atom. The Morgan fingerprint density at radius 3 is 2.82 bits per heavy atom. The maximum atomic E-state index is 6.04. The van der Waals surface area contributed by atoms with Crippen molar-refractivity contribution in [1.29, 1.82) is 0 Å². The summed E-state index contributed by atoms with van der Waals surface area (Å²) in [5.74, 6) is 1.08. The first-order valence-electron chi connectivity index (χ1n) is 6.74. The average Bonchev–Trinajstić information content (AvgIpc) is 2.93.